The number of benzene rings is 1. The number of amides is 2. The fourth-order valence-corrected chi connectivity index (χ4v) is 5.58. The summed E-state index contributed by atoms with van der Waals surface area (Å²) in [5.74, 6) is 1.65. The number of rotatable bonds is 7. The van der Waals surface area contributed by atoms with E-state index in [2.05, 4.69) is 15.3 Å². The van der Waals surface area contributed by atoms with E-state index in [9.17, 15) is 9.59 Å². The first-order chi connectivity index (χ1) is 18.4. The average Bonchev–Trinajstić information content (AvgIpc) is 3.52. The predicted molar refractivity (Wildman–Crippen MR) is 148 cm³/mol. The van der Waals surface area contributed by atoms with Gasteiger partial charge in [0.2, 0.25) is 5.91 Å². The van der Waals surface area contributed by atoms with Gasteiger partial charge in [0, 0.05) is 60.0 Å². The molecule has 1 atom stereocenters. The van der Waals surface area contributed by atoms with E-state index in [1.54, 1.807) is 24.5 Å². The van der Waals surface area contributed by atoms with Gasteiger partial charge in [0.25, 0.3) is 5.91 Å². The van der Waals surface area contributed by atoms with E-state index in [1.807, 2.05) is 42.3 Å². The van der Waals surface area contributed by atoms with Crippen molar-refractivity contribution in [2.75, 3.05) is 30.7 Å². The maximum atomic E-state index is 12.9. The zero-order valence-corrected chi connectivity index (χ0v) is 22.5. The summed E-state index contributed by atoms with van der Waals surface area (Å²) < 4.78 is 7.96. The second-order valence-electron chi connectivity index (χ2n) is 9.26. The summed E-state index contributed by atoms with van der Waals surface area (Å²) in [4.78, 5) is 41.9. The van der Waals surface area contributed by atoms with Gasteiger partial charge >= 0.3 is 0 Å². The molecule has 1 unspecified atom stereocenters. The number of anilines is 2. The van der Waals surface area contributed by atoms with Crippen molar-refractivity contribution < 1.29 is 14.3 Å². The number of carbonyl (C=O) groups is 2. The molecule has 2 amide bonds. The molecule has 11 heteroatoms. The predicted octanol–water partition coefficient (Wildman–Crippen LogP) is 4.51. The first-order valence-corrected chi connectivity index (χ1v) is 13.6. The van der Waals surface area contributed by atoms with Crippen LogP contribution in [0, 0.1) is 6.92 Å². The molecule has 5 rings (SSSR count). The summed E-state index contributed by atoms with van der Waals surface area (Å²) >= 11 is 1.42. The molecule has 1 aromatic carbocycles. The molecule has 0 aliphatic carbocycles. The fourth-order valence-electron chi connectivity index (χ4n) is 4.92. The summed E-state index contributed by atoms with van der Waals surface area (Å²) in [6.07, 6.45) is 7.55. The molecule has 0 spiro atoms. The van der Waals surface area contributed by atoms with Crippen LogP contribution in [0.4, 0.5) is 10.9 Å². The Balaban J connectivity index is 1.55. The van der Waals surface area contributed by atoms with Gasteiger partial charge in [-0.15, -0.1) is 11.3 Å². The highest BCUT2D eigenvalue weighted by atomic mass is 32.1. The molecule has 4 aromatic rings. The third kappa shape index (κ3) is 4.93. The minimum absolute atomic E-state index is 0.0599. The van der Waals surface area contributed by atoms with E-state index in [0.29, 0.717) is 58.6 Å². The highest BCUT2D eigenvalue weighted by molar-refractivity contribution is 7.15. The van der Waals surface area contributed by atoms with Crippen LogP contribution in [0.2, 0.25) is 0 Å². The zero-order valence-electron chi connectivity index (χ0n) is 21.7. The molecule has 198 valence electrons. The number of nitrogens with one attached hydrogen (secondary N) is 1. The normalized spacial score (nSPS) is 15.6. The minimum Gasteiger partial charge on any atom is -0.493 e. The third-order valence-electron chi connectivity index (χ3n) is 6.69. The van der Waals surface area contributed by atoms with Crippen molar-refractivity contribution in [1.29, 1.82) is 0 Å². The molecular weight excluding hydrogens is 502 g/mol. The van der Waals surface area contributed by atoms with Crippen LogP contribution in [-0.2, 0) is 4.79 Å². The second kappa shape index (κ2) is 10.8. The maximum absolute atomic E-state index is 12.9. The number of imidazole rings is 1. The van der Waals surface area contributed by atoms with Crippen molar-refractivity contribution in [3.63, 3.8) is 0 Å². The molecule has 10 nitrogen and oxygen atoms in total. The zero-order chi connectivity index (χ0) is 26.8. The van der Waals surface area contributed by atoms with Gasteiger partial charge in [-0.1, -0.05) is 6.92 Å². The number of aromatic nitrogens is 4. The third-order valence-corrected chi connectivity index (χ3v) is 7.52. The van der Waals surface area contributed by atoms with Gasteiger partial charge in [0.1, 0.15) is 28.6 Å². The Hall–Kier alpha value is -3.99. The molecule has 1 aliphatic heterocycles. The van der Waals surface area contributed by atoms with Crippen LogP contribution in [0.5, 0.6) is 5.75 Å². The Morgan fingerprint density at radius 2 is 2.11 bits per heavy atom. The Labute approximate surface area is 224 Å². The van der Waals surface area contributed by atoms with Gasteiger partial charge < -0.3 is 15.4 Å². The van der Waals surface area contributed by atoms with Gasteiger partial charge in [0.05, 0.1) is 6.61 Å². The van der Waals surface area contributed by atoms with Crippen LogP contribution >= 0.6 is 11.3 Å². The standard InChI is InChI=1S/C27H31N7O3S/c1-4-21(35)33-11-6-7-18(15-33)25-31-22(23-24(28)29-10-12-34(23)25)19-9-8-17(13-20(19)37-5-2)26(36)32-27-30-14-16(3)38-27/h8-10,12-14,18H,4-7,11,15H2,1-3H3,(H2,28,29)(H,30,32,36). The van der Waals surface area contributed by atoms with Crippen molar-refractivity contribution >= 4 is 39.6 Å². The lowest BCUT2D eigenvalue weighted by atomic mass is 9.97. The Morgan fingerprint density at radius 3 is 2.84 bits per heavy atom. The Morgan fingerprint density at radius 1 is 1.26 bits per heavy atom. The average molecular weight is 534 g/mol. The highest BCUT2D eigenvalue weighted by Gasteiger charge is 2.29. The number of nitrogen functional groups attached to an aromatic ring is 1. The van der Waals surface area contributed by atoms with Crippen LogP contribution in [0.3, 0.4) is 0 Å². The number of nitrogens with two attached hydrogens (primary N) is 1. The van der Waals surface area contributed by atoms with E-state index >= 15 is 0 Å². The topological polar surface area (TPSA) is 128 Å². The smallest absolute Gasteiger partial charge is 0.257 e. The van der Waals surface area contributed by atoms with Crippen molar-refractivity contribution in [2.24, 2.45) is 0 Å². The van der Waals surface area contributed by atoms with E-state index in [0.717, 1.165) is 30.1 Å². The fraction of sp³-hybridized carbons (Fsp3) is 0.370. The Bertz CT molecular complexity index is 1500. The summed E-state index contributed by atoms with van der Waals surface area (Å²) in [5.41, 5.74) is 8.85. The summed E-state index contributed by atoms with van der Waals surface area (Å²) in [5, 5.41) is 3.39. The number of aryl methyl sites for hydroxylation is 1. The number of piperidine rings is 1. The SMILES string of the molecule is CCOc1cc(C(=O)Nc2ncc(C)s2)ccc1-c1nc(C2CCCN(C(=O)CC)C2)n2ccnc(N)c12. The largest absolute Gasteiger partial charge is 0.493 e. The molecule has 38 heavy (non-hydrogen) atoms. The number of ether oxygens (including phenoxy) is 1. The number of carbonyl (C=O) groups excluding carboxylic acids is 2. The number of thiazole rings is 1. The number of hydrogen-bond acceptors (Lipinski definition) is 8. The monoisotopic (exact) mass is 533 g/mol. The van der Waals surface area contributed by atoms with E-state index in [4.69, 9.17) is 15.5 Å². The van der Waals surface area contributed by atoms with Crippen LogP contribution in [0.1, 0.15) is 60.1 Å². The number of hydrogen-bond donors (Lipinski definition) is 2. The first kappa shape index (κ1) is 25.7. The second-order valence-corrected chi connectivity index (χ2v) is 10.5. The van der Waals surface area contributed by atoms with Crippen LogP contribution in [0.15, 0.2) is 36.8 Å². The molecule has 4 heterocycles. The number of fused-ring (bicyclic) bond motifs is 1. The first-order valence-electron chi connectivity index (χ1n) is 12.8. The van der Waals surface area contributed by atoms with Gasteiger partial charge in [0.15, 0.2) is 5.13 Å². The van der Waals surface area contributed by atoms with E-state index < -0.39 is 0 Å². The van der Waals surface area contributed by atoms with Gasteiger partial charge in [-0.25, -0.2) is 15.0 Å². The van der Waals surface area contributed by atoms with Crippen LogP contribution in [-0.4, -0.2) is 55.8 Å². The summed E-state index contributed by atoms with van der Waals surface area (Å²) in [6.45, 7) is 7.50. The van der Waals surface area contributed by atoms with Crippen molar-refractivity contribution in [2.45, 2.75) is 46.0 Å². The van der Waals surface area contributed by atoms with E-state index in [-0.39, 0.29) is 17.7 Å². The molecule has 0 saturated carbocycles. The molecular formula is C27H31N7O3S. The lowest BCUT2D eigenvalue weighted by molar-refractivity contribution is -0.132. The number of likely N-dealkylation sites (tertiary alicyclic amines) is 1. The van der Waals surface area contributed by atoms with Crippen molar-refractivity contribution in [1.82, 2.24) is 24.3 Å². The summed E-state index contributed by atoms with van der Waals surface area (Å²) in [7, 11) is 0. The lowest BCUT2D eigenvalue weighted by Crippen LogP contribution is -2.39. The molecule has 3 N–H and O–H groups in total. The van der Waals surface area contributed by atoms with E-state index in [1.165, 1.54) is 11.3 Å². The minimum atomic E-state index is -0.272. The van der Waals surface area contributed by atoms with Gasteiger partial charge in [-0.05, 0) is 44.9 Å². The molecule has 0 bridgehead atoms. The molecule has 3 aromatic heterocycles. The van der Waals surface area contributed by atoms with Crippen LogP contribution in [0.25, 0.3) is 16.8 Å². The summed E-state index contributed by atoms with van der Waals surface area (Å²) in [6, 6.07) is 5.29. The van der Waals surface area contributed by atoms with Gasteiger partial charge in [-0.3, -0.25) is 19.3 Å². The van der Waals surface area contributed by atoms with Gasteiger partial charge in [-0.2, -0.15) is 0 Å². The molecule has 1 aliphatic rings. The molecule has 0 radical (unpaired) electrons. The molecule has 1 fully saturated rings. The number of nitrogens with zero attached hydrogens (tertiary/aromatic N) is 5. The highest BCUT2D eigenvalue weighted by Crippen LogP contribution is 2.38. The van der Waals surface area contributed by atoms with Crippen molar-refractivity contribution in [3.05, 3.63) is 53.1 Å². The Kier molecular flexibility index (Phi) is 7.28. The van der Waals surface area contributed by atoms with Crippen molar-refractivity contribution in [3.8, 4) is 17.0 Å². The maximum Gasteiger partial charge on any atom is 0.257 e. The quantitative estimate of drug-likeness (QED) is 0.358. The molecule has 1 saturated heterocycles. The van der Waals surface area contributed by atoms with Crippen LogP contribution < -0.4 is 15.8 Å². The lowest BCUT2D eigenvalue weighted by Gasteiger charge is -2.32.